The van der Waals surface area contributed by atoms with E-state index < -0.39 is 6.10 Å². The van der Waals surface area contributed by atoms with Crippen molar-refractivity contribution in [1.82, 2.24) is 0 Å². The molecule has 370 valence electrons. The molecule has 0 aliphatic carbocycles. The van der Waals surface area contributed by atoms with E-state index in [1.54, 1.807) is 0 Å². The van der Waals surface area contributed by atoms with Gasteiger partial charge in [0.25, 0.3) is 0 Å². The summed E-state index contributed by atoms with van der Waals surface area (Å²) in [5.74, 6) is -1.00. The molecule has 0 rings (SSSR count). The number of unbranched alkanes of at least 4 members (excludes halogenated alkanes) is 12. The minimum absolute atomic E-state index is 0.109. The van der Waals surface area contributed by atoms with Gasteiger partial charge >= 0.3 is 17.9 Å². The van der Waals surface area contributed by atoms with Crippen LogP contribution in [0.15, 0.2) is 134 Å². The third-order valence-corrected chi connectivity index (χ3v) is 10.4. The summed E-state index contributed by atoms with van der Waals surface area (Å²) in [6.07, 6.45) is 74.5. The van der Waals surface area contributed by atoms with Crippen LogP contribution in [0.5, 0.6) is 0 Å². The van der Waals surface area contributed by atoms with Crippen molar-refractivity contribution in [1.29, 1.82) is 0 Å². The topological polar surface area (TPSA) is 78.9 Å². The zero-order valence-corrected chi connectivity index (χ0v) is 42.1. The Morgan fingerprint density at radius 2 is 0.591 bits per heavy atom. The van der Waals surface area contributed by atoms with E-state index in [0.29, 0.717) is 25.7 Å². The summed E-state index contributed by atoms with van der Waals surface area (Å²) in [4.78, 5) is 37.9. The van der Waals surface area contributed by atoms with Crippen molar-refractivity contribution in [2.24, 2.45) is 0 Å². The van der Waals surface area contributed by atoms with Gasteiger partial charge in [0.1, 0.15) is 13.2 Å². The molecular weight excluding hydrogens is 817 g/mol. The first kappa shape index (κ1) is 61.5. The SMILES string of the molecule is CC/C=C\C/C=C\C/C=C\C/C=C\C/C=C\C/C=C\CCCCC(=O)OCC(COC(=O)CCCCCCCCCC)OC(=O)CCCCC/C=C\C/C=C\C/C=C\C/C=C\C/C=C\CC. The molecule has 0 saturated carbocycles. The molecule has 0 heterocycles. The Morgan fingerprint density at radius 1 is 0.318 bits per heavy atom. The van der Waals surface area contributed by atoms with E-state index in [0.717, 1.165) is 122 Å². The first-order valence-corrected chi connectivity index (χ1v) is 26.2. The van der Waals surface area contributed by atoms with Crippen LogP contribution >= 0.6 is 0 Å². The lowest BCUT2D eigenvalue weighted by Crippen LogP contribution is -2.30. The van der Waals surface area contributed by atoms with Crippen molar-refractivity contribution >= 4 is 17.9 Å². The molecule has 6 nitrogen and oxygen atoms in total. The Morgan fingerprint density at radius 3 is 0.955 bits per heavy atom. The summed E-state index contributed by atoms with van der Waals surface area (Å²) < 4.78 is 16.7. The molecular formula is C60H94O6. The lowest BCUT2D eigenvalue weighted by atomic mass is 10.1. The zero-order chi connectivity index (χ0) is 47.9. The largest absolute Gasteiger partial charge is 0.462 e. The molecule has 66 heavy (non-hydrogen) atoms. The van der Waals surface area contributed by atoms with Crippen LogP contribution in [0.4, 0.5) is 0 Å². The van der Waals surface area contributed by atoms with E-state index in [9.17, 15) is 14.4 Å². The molecule has 0 saturated heterocycles. The number of carbonyl (C=O) groups excluding carboxylic acids is 3. The first-order valence-electron chi connectivity index (χ1n) is 26.2. The van der Waals surface area contributed by atoms with E-state index in [-0.39, 0.29) is 37.5 Å². The van der Waals surface area contributed by atoms with Gasteiger partial charge in [0.2, 0.25) is 0 Å². The highest BCUT2D eigenvalue weighted by atomic mass is 16.6. The van der Waals surface area contributed by atoms with Crippen LogP contribution in [0.25, 0.3) is 0 Å². The number of rotatable bonds is 45. The minimum Gasteiger partial charge on any atom is -0.462 e. The fourth-order valence-electron chi connectivity index (χ4n) is 6.53. The molecule has 1 unspecified atom stereocenters. The Bertz CT molecular complexity index is 1460. The molecule has 0 aliphatic rings. The maximum absolute atomic E-state index is 12.8. The monoisotopic (exact) mass is 911 g/mol. The summed E-state index contributed by atoms with van der Waals surface area (Å²) in [7, 11) is 0. The van der Waals surface area contributed by atoms with Gasteiger partial charge in [-0.15, -0.1) is 0 Å². The fourth-order valence-corrected chi connectivity index (χ4v) is 6.53. The van der Waals surface area contributed by atoms with E-state index >= 15 is 0 Å². The number of allylic oxidation sites excluding steroid dienone is 22. The lowest BCUT2D eigenvalue weighted by Gasteiger charge is -2.18. The quantitative estimate of drug-likeness (QED) is 0.0262. The number of carbonyl (C=O) groups is 3. The molecule has 0 radical (unpaired) electrons. The number of esters is 3. The van der Waals surface area contributed by atoms with Crippen LogP contribution in [-0.4, -0.2) is 37.2 Å². The summed E-state index contributed by atoms with van der Waals surface area (Å²) >= 11 is 0. The maximum Gasteiger partial charge on any atom is 0.306 e. The van der Waals surface area contributed by atoms with Gasteiger partial charge in [-0.2, -0.15) is 0 Å². The maximum atomic E-state index is 12.8. The van der Waals surface area contributed by atoms with Crippen molar-refractivity contribution < 1.29 is 28.6 Å². The standard InChI is InChI=1S/C60H94O6/c1-4-7-10-13-16-19-21-23-25-27-29-30-32-33-35-37-39-41-44-47-50-53-59(62)65-56-57(55-64-58(61)52-49-46-43-18-15-12-9-6-3)66-60(63)54-51-48-45-42-40-38-36-34-31-28-26-24-22-20-17-14-11-8-5-2/h7-8,10-11,16-17,19-20,23-26,29-31,33-35,38-41,57H,4-6,9,12-15,18,21-22,27-28,32,36-37,42-56H2,1-3H3/b10-7-,11-8-,19-16-,20-17-,25-23-,26-24-,30-29-,34-31-,35-33-,40-38-,41-39-. The molecule has 0 amide bonds. The smallest absolute Gasteiger partial charge is 0.306 e. The zero-order valence-electron chi connectivity index (χ0n) is 42.1. The number of hydrogen-bond acceptors (Lipinski definition) is 6. The van der Waals surface area contributed by atoms with Gasteiger partial charge in [-0.1, -0.05) is 206 Å². The third-order valence-electron chi connectivity index (χ3n) is 10.4. The van der Waals surface area contributed by atoms with Gasteiger partial charge in [-0.05, 0) is 116 Å². The molecule has 0 spiro atoms. The van der Waals surface area contributed by atoms with Crippen molar-refractivity contribution in [3.63, 3.8) is 0 Å². The predicted octanol–water partition coefficient (Wildman–Crippen LogP) is 17.5. The lowest BCUT2D eigenvalue weighted by molar-refractivity contribution is -0.167. The normalized spacial score (nSPS) is 13.2. The van der Waals surface area contributed by atoms with Crippen LogP contribution in [0.3, 0.4) is 0 Å². The molecule has 6 heteroatoms. The molecule has 0 bridgehead atoms. The van der Waals surface area contributed by atoms with E-state index in [1.165, 1.54) is 32.1 Å². The van der Waals surface area contributed by atoms with Gasteiger partial charge in [0.15, 0.2) is 6.10 Å². The van der Waals surface area contributed by atoms with Crippen molar-refractivity contribution in [3.8, 4) is 0 Å². The number of ether oxygens (including phenoxy) is 3. The van der Waals surface area contributed by atoms with Crippen LogP contribution in [0, 0.1) is 0 Å². The second-order valence-electron chi connectivity index (χ2n) is 16.7. The van der Waals surface area contributed by atoms with Gasteiger partial charge in [0, 0.05) is 19.3 Å². The van der Waals surface area contributed by atoms with Crippen molar-refractivity contribution in [2.45, 2.75) is 213 Å². The second kappa shape index (κ2) is 53.2. The van der Waals surface area contributed by atoms with Crippen LogP contribution < -0.4 is 0 Å². The average molecular weight is 911 g/mol. The Kier molecular flexibility index (Phi) is 49.6. The highest BCUT2D eigenvalue weighted by Gasteiger charge is 2.19. The number of hydrogen-bond donors (Lipinski definition) is 0. The van der Waals surface area contributed by atoms with Gasteiger partial charge in [-0.3, -0.25) is 14.4 Å². The molecule has 0 N–H and O–H groups in total. The van der Waals surface area contributed by atoms with Crippen LogP contribution in [0.2, 0.25) is 0 Å². The van der Waals surface area contributed by atoms with Gasteiger partial charge < -0.3 is 14.2 Å². The van der Waals surface area contributed by atoms with Crippen molar-refractivity contribution in [2.75, 3.05) is 13.2 Å². The molecule has 0 aromatic carbocycles. The Hall–Kier alpha value is -4.45. The minimum atomic E-state index is -0.816. The average Bonchev–Trinajstić information content (AvgIpc) is 3.31. The first-order chi connectivity index (χ1) is 32.5. The van der Waals surface area contributed by atoms with Crippen LogP contribution in [-0.2, 0) is 28.6 Å². The summed E-state index contributed by atoms with van der Waals surface area (Å²) in [6, 6.07) is 0. The third kappa shape index (κ3) is 50.5. The van der Waals surface area contributed by atoms with E-state index in [1.807, 2.05) is 0 Å². The molecule has 1 atom stereocenters. The molecule has 0 aliphatic heterocycles. The van der Waals surface area contributed by atoms with Gasteiger partial charge in [0.05, 0.1) is 0 Å². The van der Waals surface area contributed by atoms with Crippen LogP contribution in [0.1, 0.15) is 207 Å². The molecule has 0 aromatic rings. The highest BCUT2D eigenvalue weighted by Crippen LogP contribution is 2.12. The Balaban J connectivity index is 4.47. The summed E-state index contributed by atoms with van der Waals surface area (Å²) in [6.45, 7) is 6.29. The van der Waals surface area contributed by atoms with E-state index in [2.05, 4.69) is 154 Å². The summed E-state index contributed by atoms with van der Waals surface area (Å²) in [5.41, 5.74) is 0. The van der Waals surface area contributed by atoms with Gasteiger partial charge in [-0.25, -0.2) is 0 Å². The second-order valence-corrected chi connectivity index (χ2v) is 16.7. The predicted molar refractivity (Wildman–Crippen MR) is 283 cm³/mol. The van der Waals surface area contributed by atoms with E-state index in [4.69, 9.17) is 14.2 Å². The van der Waals surface area contributed by atoms with Crippen molar-refractivity contribution in [3.05, 3.63) is 134 Å². The molecule has 0 aromatic heterocycles. The highest BCUT2D eigenvalue weighted by molar-refractivity contribution is 5.71. The molecule has 0 fully saturated rings. The Labute approximate surface area is 405 Å². The fraction of sp³-hybridized carbons (Fsp3) is 0.583. The summed E-state index contributed by atoms with van der Waals surface area (Å²) in [5, 5.41) is 0.